The first kappa shape index (κ1) is 20.8. The van der Waals surface area contributed by atoms with Crippen molar-refractivity contribution in [3.05, 3.63) is 89.9 Å². The van der Waals surface area contributed by atoms with Crippen molar-refractivity contribution < 1.29 is 9.90 Å². The van der Waals surface area contributed by atoms with Gasteiger partial charge in [0.25, 0.3) is 0 Å². The Morgan fingerprint density at radius 1 is 0.970 bits per heavy atom. The first-order chi connectivity index (χ1) is 16.1. The fraction of sp³-hybridized carbons (Fsp3) is 0.185. The van der Waals surface area contributed by atoms with Gasteiger partial charge in [-0.2, -0.15) is 0 Å². The summed E-state index contributed by atoms with van der Waals surface area (Å²) in [6.07, 6.45) is 4.94. The van der Waals surface area contributed by atoms with Crippen LogP contribution in [0.4, 0.5) is 0 Å². The number of unbranched alkanes of at least 4 members (excludes halogenated alkanes) is 1. The van der Waals surface area contributed by atoms with Gasteiger partial charge in [0.1, 0.15) is 11.3 Å². The van der Waals surface area contributed by atoms with Gasteiger partial charge >= 0.3 is 5.97 Å². The van der Waals surface area contributed by atoms with E-state index in [0.717, 1.165) is 52.7 Å². The molecule has 2 aromatic carbocycles. The van der Waals surface area contributed by atoms with E-state index in [1.165, 1.54) is 0 Å². The molecule has 0 aliphatic carbocycles. The lowest BCUT2D eigenvalue weighted by atomic mass is 10.0. The van der Waals surface area contributed by atoms with Crippen LogP contribution in [0.25, 0.3) is 33.3 Å². The van der Waals surface area contributed by atoms with Gasteiger partial charge in [-0.15, -0.1) is 0 Å². The highest BCUT2D eigenvalue weighted by atomic mass is 16.4. The molecule has 0 fully saturated rings. The van der Waals surface area contributed by atoms with Crippen molar-refractivity contribution in [1.82, 2.24) is 19.5 Å². The smallest absolute Gasteiger partial charge is 0.336 e. The van der Waals surface area contributed by atoms with E-state index in [2.05, 4.69) is 28.6 Å². The molecule has 0 aliphatic rings. The van der Waals surface area contributed by atoms with Crippen LogP contribution in [0, 0.1) is 0 Å². The van der Waals surface area contributed by atoms with E-state index in [4.69, 9.17) is 9.97 Å². The van der Waals surface area contributed by atoms with E-state index in [0.29, 0.717) is 17.8 Å². The van der Waals surface area contributed by atoms with E-state index in [9.17, 15) is 9.90 Å². The second kappa shape index (κ2) is 8.82. The monoisotopic (exact) mass is 436 g/mol. The molecular formula is C27H24N4O2. The first-order valence-electron chi connectivity index (χ1n) is 11.2. The third kappa shape index (κ3) is 4.07. The zero-order valence-corrected chi connectivity index (χ0v) is 18.4. The van der Waals surface area contributed by atoms with E-state index < -0.39 is 5.97 Å². The van der Waals surface area contributed by atoms with Gasteiger partial charge in [0, 0.05) is 23.6 Å². The van der Waals surface area contributed by atoms with Crippen LogP contribution in [0.15, 0.2) is 72.9 Å². The molecule has 3 heterocycles. The zero-order valence-electron chi connectivity index (χ0n) is 18.4. The average molecular weight is 437 g/mol. The average Bonchev–Trinajstić information content (AvgIpc) is 3.19. The molecular weight excluding hydrogens is 412 g/mol. The Morgan fingerprint density at radius 3 is 2.70 bits per heavy atom. The highest BCUT2D eigenvalue weighted by Crippen LogP contribution is 2.26. The van der Waals surface area contributed by atoms with Gasteiger partial charge in [0.15, 0.2) is 5.65 Å². The van der Waals surface area contributed by atoms with Crippen molar-refractivity contribution >= 4 is 28.0 Å². The summed E-state index contributed by atoms with van der Waals surface area (Å²) in [7, 11) is 0. The second-order valence-corrected chi connectivity index (χ2v) is 8.14. The number of aromatic nitrogens is 4. The standard InChI is InChI=1S/C27H24N4O2/c1-2-3-10-25-30-24-9-6-15-28-26(24)31(25)17-18-11-13-22-19(16-18)12-14-23(29-22)20-7-4-5-8-21(20)27(32)33/h4-9,11-16H,2-3,10,17H2,1H3,(H,32,33). The Morgan fingerprint density at radius 2 is 1.85 bits per heavy atom. The quantitative estimate of drug-likeness (QED) is 0.352. The molecule has 0 aliphatic heterocycles. The summed E-state index contributed by atoms with van der Waals surface area (Å²) in [5.74, 6) is 0.104. The molecule has 0 saturated heterocycles. The minimum Gasteiger partial charge on any atom is -0.478 e. The summed E-state index contributed by atoms with van der Waals surface area (Å²) in [6, 6.07) is 21.0. The third-order valence-electron chi connectivity index (χ3n) is 5.86. The van der Waals surface area contributed by atoms with Crippen molar-refractivity contribution in [1.29, 1.82) is 0 Å². The number of hydrogen-bond donors (Lipinski definition) is 1. The summed E-state index contributed by atoms with van der Waals surface area (Å²) < 4.78 is 2.21. The molecule has 5 rings (SSSR count). The number of benzene rings is 2. The molecule has 164 valence electrons. The van der Waals surface area contributed by atoms with Crippen LogP contribution >= 0.6 is 0 Å². The Kier molecular flexibility index (Phi) is 5.57. The van der Waals surface area contributed by atoms with E-state index in [-0.39, 0.29) is 5.56 Å². The van der Waals surface area contributed by atoms with E-state index >= 15 is 0 Å². The Bertz CT molecular complexity index is 1470. The minimum atomic E-state index is -0.956. The number of nitrogens with zero attached hydrogens (tertiary/aromatic N) is 4. The number of rotatable bonds is 7. The molecule has 33 heavy (non-hydrogen) atoms. The summed E-state index contributed by atoms with van der Waals surface area (Å²) in [6.45, 7) is 2.87. The van der Waals surface area contributed by atoms with Crippen molar-refractivity contribution in [2.24, 2.45) is 0 Å². The van der Waals surface area contributed by atoms with Gasteiger partial charge in [-0.3, -0.25) is 0 Å². The van der Waals surface area contributed by atoms with Gasteiger partial charge < -0.3 is 9.67 Å². The molecule has 1 N–H and O–H groups in total. The topological polar surface area (TPSA) is 80.9 Å². The Hall–Kier alpha value is -4.06. The van der Waals surface area contributed by atoms with Crippen LogP contribution in [0.2, 0.25) is 0 Å². The van der Waals surface area contributed by atoms with Crippen molar-refractivity contribution in [2.75, 3.05) is 0 Å². The zero-order chi connectivity index (χ0) is 22.8. The predicted octanol–water partition coefficient (Wildman–Crippen LogP) is 5.74. The fourth-order valence-electron chi connectivity index (χ4n) is 4.20. The maximum atomic E-state index is 11.6. The summed E-state index contributed by atoms with van der Waals surface area (Å²) in [4.78, 5) is 25.7. The number of carboxylic acid groups (broad SMARTS) is 1. The molecule has 0 amide bonds. The molecule has 6 nitrogen and oxygen atoms in total. The maximum absolute atomic E-state index is 11.6. The molecule has 3 aromatic heterocycles. The molecule has 0 spiro atoms. The van der Waals surface area contributed by atoms with Crippen LogP contribution < -0.4 is 0 Å². The SMILES string of the molecule is CCCCc1nc2cccnc2n1Cc1ccc2nc(-c3ccccc3C(=O)O)ccc2c1. The van der Waals surface area contributed by atoms with Crippen molar-refractivity contribution in [2.45, 2.75) is 32.7 Å². The molecule has 0 unspecified atom stereocenters. The number of fused-ring (bicyclic) bond motifs is 2. The number of pyridine rings is 2. The normalized spacial score (nSPS) is 11.3. The van der Waals surface area contributed by atoms with Gasteiger partial charge in [-0.1, -0.05) is 43.7 Å². The lowest BCUT2D eigenvalue weighted by Crippen LogP contribution is -2.06. The number of carbonyl (C=O) groups is 1. The largest absolute Gasteiger partial charge is 0.478 e. The van der Waals surface area contributed by atoms with E-state index in [1.54, 1.807) is 18.2 Å². The maximum Gasteiger partial charge on any atom is 0.336 e. The summed E-state index contributed by atoms with van der Waals surface area (Å²) >= 11 is 0. The molecule has 0 bridgehead atoms. The van der Waals surface area contributed by atoms with Crippen LogP contribution in [0.3, 0.4) is 0 Å². The molecule has 0 atom stereocenters. The lowest BCUT2D eigenvalue weighted by molar-refractivity contribution is 0.0697. The van der Waals surface area contributed by atoms with Crippen LogP contribution in [0.1, 0.15) is 41.5 Å². The number of hydrogen-bond acceptors (Lipinski definition) is 4. The highest BCUT2D eigenvalue weighted by Gasteiger charge is 2.14. The highest BCUT2D eigenvalue weighted by molar-refractivity contribution is 5.96. The van der Waals surface area contributed by atoms with E-state index in [1.807, 2.05) is 42.6 Å². The molecule has 6 heteroatoms. The van der Waals surface area contributed by atoms with Crippen molar-refractivity contribution in [3.63, 3.8) is 0 Å². The fourth-order valence-corrected chi connectivity index (χ4v) is 4.20. The lowest BCUT2D eigenvalue weighted by Gasteiger charge is -2.11. The minimum absolute atomic E-state index is 0.250. The first-order valence-corrected chi connectivity index (χ1v) is 11.2. The Balaban J connectivity index is 1.51. The van der Waals surface area contributed by atoms with Crippen LogP contribution in [-0.4, -0.2) is 30.6 Å². The number of imidazole rings is 1. The van der Waals surface area contributed by atoms with Gasteiger partial charge in [-0.05, 0) is 48.4 Å². The number of aromatic carboxylic acids is 1. The summed E-state index contributed by atoms with van der Waals surface area (Å²) in [5.41, 5.74) is 5.32. The number of carboxylic acids is 1. The van der Waals surface area contributed by atoms with Crippen LogP contribution in [-0.2, 0) is 13.0 Å². The summed E-state index contributed by atoms with van der Waals surface area (Å²) in [5, 5.41) is 10.5. The molecule has 5 aromatic rings. The molecule has 0 saturated carbocycles. The Labute approximate surface area is 191 Å². The van der Waals surface area contributed by atoms with Crippen LogP contribution in [0.5, 0.6) is 0 Å². The van der Waals surface area contributed by atoms with Gasteiger partial charge in [-0.25, -0.2) is 19.7 Å². The number of aryl methyl sites for hydroxylation is 1. The van der Waals surface area contributed by atoms with Crippen molar-refractivity contribution in [3.8, 4) is 11.3 Å². The van der Waals surface area contributed by atoms with Gasteiger partial charge in [0.2, 0.25) is 0 Å². The molecule has 0 radical (unpaired) electrons. The second-order valence-electron chi connectivity index (χ2n) is 8.14. The predicted molar refractivity (Wildman–Crippen MR) is 129 cm³/mol. The van der Waals surface area contributed by atoms with Gasteiger partial charge in [0.05, 0.1) is 23.3 Å². The third-order valence-corrected chi connectivity index (χ3v) is 5.86.